The summed E-state index contributed by atoms with van der Waals surface area (Å²) in [6.45, 7) is 8.89. The molecule has 3 aromatic rings. The van der Waals surface area contributed by atoms with Crippen molar-refractivity contribution in [3.63, 3.8) is 0 Å². The molecule has 0 spiro atoms. The number of carbonyl (C=O) groups is 17. The predicted molar refractivity (Wildman–Crippen MR) is 385 cm³/mol. The van der Waals surface area contributed by atoms with Crippen LogP contribution in [0, 0.1) is 17.8 Å². The smallest absolute Gasteiger partial charge is 0.328 e. The number of imidazole rings is 2. The van der Waals surface area contributed by atoms with Crippen molar-refractivity contribution in [3.8, 4) is 5.75 Å². The molecule has 608 valence electrons. The second-order valence-electron chi connectivity index (χ2n) is 27.1. The number of aliphatic hydroxyl groups excluding tert-OH is 3. The van der Waals surface area contributed by atoms with E-state index in [0.717, 1.165) is 6.92 Å². The lowest BCUT2D eigenvalue weighted by molar-refractivity contribution is -0.143. The lowest BCUT2D eigenvalue weighted by Crippen LogP contribution is -2.61. The largest absolute Gasteiger partial charge is 0.508 e. The molecule has 0 bridgehead atoms. The molecule has 0 radical (unpaired) electrons. The molecule has 110 heavy (non-hydrogen) atoms. The van der Waals surface area contributed by atoms with E-state index in [1.54, 1.807) is 41.5 Å². The summed E-state index contributed by atoms with van der Waals surface area (Å²) in [6.07, 6.45) is 2.44. The van der Waals surface area contributed by atoms with Crippen molar-refractivity contribution < 1.29 is 107 Å². The zero-order valence-electron chi connectivity index (χ0n) is 62.3. The van der Waals surface area contributed by atoms with Gasteiger partial charge in [-0.1, -0.05) is 53.7 Å². The van der Waals surface area contributed by atoms with Crippen LogP contribution >= 0.6 is 0 Å². The SMILES string of the molecule is CC(C)C[C@H](NC(=O)[C@H](C)NC(=O)CNC(=O)[C@H](CC(C)C)NC(=O)[C@H](Cc1ccc(O)cc1)NC(=O)[C@H](Cc1c[nH]cn1)NC(=O)[C@H](C)NC(=O)[C@H](Cc1c[nH]cn1)NC(=O)[C@@H](N)CC(N)=O)C(=O)N[C@@H](CC(C)C)C(=O)N[C@@H](CO)C(=O)N[C@H](C(=O)NCC(=O)NCC(=O)NCC(=O)N[C@@H](CO)C(=O)O)[C@@H](C)O. The number of aliphatic hydroxyl groups is 3. The number of carboxylic acids is 1. The monoisotopic (exact) mass is 1550 g/mol. The molecule has 13 atom stereocenters. The second kappa shape index (κ2) is 46.5. The summed E-state index contributed by atoms with van der Waals surface area (Å²) in [5, 5.41) is 84.3. The number of primary amides is 1. The lowest BCUT2D eigenvalue weighted by atomic mass is 9.99. The number of benzene rings is 1. The minimum absolute atomic E-state index is 0.0267. The van der Waals surface area contributed by atoms with Gasteiger partial charge in [-0.25, -0.2) is 14.8 Å². The third-order valence-electron chi connectivity index (χ3n) is 15.9. The van der Waals surface area contributed by atoms with Gasteiger partial charge < -0.3 is 127 Å². The number of aromatic nitrogens is 4. The van der Waals surface area contributed by atoms with E-state index in [-0.39, 0.29) is 67.7 Å². The van der Waals surface area contributed by atoms with Crippen LogP contribution in [0.1, 0.15) is 105 Å². The number of nitrogens with zero attached hydrogens (tertiary/aromatic N) is 2. The fourth-order valence-corrected chi connectivity index (χ4v) is 10.2. The van der Waals surface area contributed by atoms with E-state index in [0.29, 0.717) is 11.3 Å². The molecule has 26 N–H and O–H groups in total. The van der Waals surface area contributed by atoms with Crippen molar-refractivity contribution in [3.05, 3.63) is 66.3 Å². The number of aromatic hydroxyl groups is 1. The van der Waals surface area contributed by atoms with Gasteiger partial charge in [0, 0.05) is 31.7 Å². The number of aliphatic carboxylic acids is 1. The number of aromatic amines is 2. The number of phenols is 1. The number of hydrogen-bond acceptors (Lipinski definition) is 24. The van der Waals surface area contributed by atoms with E-state index in [1.807, 2.05) is 5.32 Å². The van der Waals surface area contributed by atoms with Gasteiger partial charge in [0.1, 0.15) is 72.2 Å². The van der Waals surface area contributed by atoms with Crippen LogP contribution in [-0.2, 0) is 101 Å². The Labute approximate surface area is 631 Å². The third-order valence-corrected chi connectivity index (χ3v) is 15.9. The highest BCUT2D eigenvalue weighted by Crippen LogP contribution is 2.15. The molecule has 16 amide bonds. The maximum absolute atomic E-state index is 14.5. The first-order valence-corrected chi connectivity index (χ1v) is 35.0. The summed E-state index contributed by atoms with van der Waals surface area (Å²) >= 11 is 0. The Morgan fingerprint density at radius 1 is 0.409 bits per heavy atom. The van der Waals surface area contributed by atoms with Crippen molar-refractivity contribution in [2.75, 3.05) is 39.4 Å². The Morgan fingerprint density at radius 3 is 1.22 bits per heavy atom. The van der Waals surface area contributed by atoms with Gasteiger partial charge in [-0.15, -0.1) is 0 Å². The molecule has 2 heterocycles. The first-order valence-electron chi connectivity index (χ1n) is 35.0. The average molecular weight is 1550 g/mol. The molecule has 0 saturated carbocycles. The molecular weight excluding hydrogens is 1450 g/mol. The zero-order chi connectivity index (χ0) is 82.6. The van der Waals surface area contributed by atoms with E-state index < -0.39 is 225 Å². The Kier molecular flexibility index (Phi) is 39.1. The molecule has 3 rings (SSSR count). The molecule has 0 aliphatic heterocycles. The summed E-state index contributed by atoms with van der Waals surface area (Å²) in [5.41, 5.74) is 12.0. The van der Waals surface area contributed by atoms with Gasteiger partial charge in [-0.3, -0.25) is 76.7 Å². The number of carboxylic acid groups (broad SMARTS) is 1. The summed E-state index contributed by atoms with van der Waals surface area (Å²) in [4.78, 5) is 238. The van der Waals surface area contributed by atoms with Gasteiger partial charge in [-0.05, 0) is 75.5 Å². The topological polar surface area (TPSA) is 681 Å². The molecule has 0 aliphatic rings. The lowest BCUT2D eigenvalue weighted by Gasteiger charge is -2.28. The molecular formula is C67H103N21O22. The summed E-state index contributed by atoms with van der Waals surface area (Å²) in [5.74, 6) is -17.8. The van der Waals surface area contributed by atoms with Crippen LogP contribution < -0.4 is 91.2 Å². The highest BCUT2D eigenvalue weighted by atomic mass is 16.4. The van der Waals surface area contributed by atoms with Crippen LogP contribution in [0.5, 0.6) is 5.75 Å². The summed E-state index contributed by atoms with van der Waals surface area (Å²) in [7, 11) is 0. The van der Waals surface area contributed by atoms with Crippen LogP contribution in [0.2, 0.25) is 0 Å². The summed E-state index contributed by atoms with van der Waals surface area (Å²) < 4.78 is 0. The molecule has 2 aromatic heterocycles. The Balaban J connectivity index is 1.71. The minimum Gasteiger partial charge on any atom is -0.508 e. The van der Waals surface area contributed by atoms with Crippen LogP contribution in [0.15, 0.2) is 49.3 Å². The third kappa shape index (κ3) is 34.0. The maximum Gasteiger partial charge on any atom is 0.328 e. The van der Waals surface area contributed by atoms with Crippen LogP contribution in [-0.4, -0.2) is 264 Å². The number of H-pyrrole nitrogens is 2. The van der Waals surface area contributed by atoms with Crippen molar-refractivity contribution in [1.29, 1.82) is 0 Å². The number of rotatable bonds is 48. The number of nitrogens with one attached hydrogen (secondary N) is 17. The van der Waals surface area contributed by atoms with E-state index in [9.17, 15) is 96.8 Å². The molecule has 43 heteroatoms. The van der Waals surface area contributed by atoms with Crippen LogP contribution in [0.25, 0.3) is 0 Å². The van der Waals surface area contributed by atoms with E-state index in [4.69, 9.17) is 21.7 Å². The van der Waals surface area contributed by atoms with Gasteiger partial charge in [0.15, 0.2) is 0 Å². The molecule has 0 unspecified atom stereocenters. The number of carbonyl (C=O) groups excluding carboxylic acids is 16. The normalized spacial score (nSPS) is 14.7. The van der Waals surface area contributed by atoms with E-state index >= 15 is 0 Å². The van der Waals surface area contributed by atoms with Gasteiger partial charge in [-0.2, -0.15) is 0 Å². The average Bonchev–Trinajstić information content (AvgIpc) is 0.915. The number of amides is 16. The molecule has 0 aliphatic carbocycles. The molecule has 43 nitrogen and oxygen atoms in total. The Hall–Kier alpha value is -11.7. The van der Waals surface area contributed by atoms with Gasteiger partial charge in [0.2, 0.25) is 94.5 Å². The van der Waals surface area contributed by atoms with Crippen LogP contribution in [0.4, 0.5) is 0 Å². The van der Waals surface area contributed by atoms with Gasteiger partial charge >= 0.3 is 5.97 Å². The maximum atomic E-state index is 14.5. The highest BCUT2D eigenvalue weighted by molar-refractivity contribution is 6.00. The van der Waals surface area contributed by atoms with Crippen molar-refractivity contribution >= 4 is 100 Å². The van der Waals surface area contributed by atoms with Gasteiger partial charge in [0.25, 0.3) is 0 Å². The highest BCUT2D eigenvalue weighted by Gasteiger charge is 2.37. The minimum atomic E-state index is -1.82. The Morgan fingerprint density at radius 2 is 0.773 bits per heavy atom. The zero-order valence-corrected chi connectivity index (χ0v) is 62.3. The van der Waals surface area contributed by atoms with Gasteiger partial charge in [0.05, 0.1) is 82.0 Å². The van der Waals surface area contributed by atoms with E-state index in [2.05, 4.69) is 94.4 Å². The number of hydrogen-bond donors (Lipinski definition) is 24. The van der Waals surface area contributed by atoms with Crippen molar-refractivity contribution in [2.45, 2.75) is 186 Å². The number of phenolic OH excluding ortho intramolecular Hbond substituents is 1. The van der Waals surface area contributed by atoms with Crippen LogP contribution in [0.3, 0.4) is 0 Å². The molecule has 0 fully saturated rings. The number of nitrogens with two attached hydrogens (primary N) is 2. The fourth-order valence-electron chi connectivity index (χ4n) is 10.2. The Bertz CT molecular complexity index is 3630. The fraction of sp³-hybridized carbons (Fsp3) is 0.567. The first-order chi connectivity index (χ1) is 51.7. The second-order valence-corrected chi connectivity index (χ2v) is 27.1. The first kappa shape index (κ1) is 92.5. The van der Waals surface area contributed by atoms with E-state index in [1.165, 1.54) is 63.2 Å². The molecule has 1 aromatic carbocycles. The molecule has 0 saturated heterocycles. The van der Waals surface area contributed by atoms with Crippen molar-refractivity contribution in [1.82, 2.24) is 99.7 Å². The quantitative estimate of drug-likeness (QED) is 0.0250. The predicted octanol–water partition coefficient (Wildman–Crippen LogP) is -9.51. The van der Waals surface area contributed by atoms with Crippen molar-refractivity contribution in [2.24, 2.45) is 29.2 Å². The standard InChI is InChI=1S/C67H103N21O22/c1-31(2)14-42(84-63(105)45(17-37-10-12-40(92)13-11-37)86-64(106)47(19-39-22-71-30-77-39)82-57(99)35(8)79-60(102)46(18-38-21-70-29-76-38)83-58(100)41(68)20-50(69)93)59(101)74-26-53(96)78-34(7)56(98)81-43(15-32(3)4)61(103)85-44(16-33(5)6)62(104)87-48(27-89)65(107)88-55(36(9)91)66(108)75-24-52(95)72-23-51(94)73-25-54(97)80-49(28-90)67(109)110/h10-13,21-22,29-36,41-49,55,89-92H,14-20,23-28,68H2,1-9H3,(H2,69,93)(H,70,76)(H,71,77)(H,72,95)(H,73,94)(H,74,101)(H,75,108)(H,78,96)(H,79,102)(H,80,97)(H,81,98)(H,82,99)(H,83,100)(H,84,105)(H,85,103)(H,86,106)(H,87,104)(H,88,107)(H,109,110)/t34-,35-,36+,41-,42-,43-,44-,45-,46-,47-,48-,49-,55-/m0/s1. The summed E-state index contributed by atoms with van der Waals surface area (Å²) in [6, 6.07) is -12.5.